The standard InChI is InChI=1S/C27H19N3O2S/c1-30(2)20-10-7-17(8-11-20)13-19(15-28)26-29-24(16-33-26)23-14-22-21-6-4-3-5-18(21)9-12-25(22)32-27(23)31/h3-14,16H,1-2H3/b19-13+. The Bertz CT molecular complexity index is 1620. The largest absolute Gasteiger partial charge is 0.422 e. The third-order valence-corrected chi connectivity index (χ3v) is 6.37. The topological polar surface area (TPSA) is 70.1 Å². The molecule has 5 nitrogen and oxygen atoms in total. The predicted octanol–water partition coefficient (Wildman–Crippen LogP) is 6.20. The lowest BCUT2D eigenvalue weighted by Crippen LogP contribution is -2.07. The lowest BCUT2D eigenvalue weighted by atomic mass is 10.0. The Labute approximate surface area is 194 Å². The molecule has 0 saturated heterocycles. The van der Waals surface area contributed by atoms with E-state index in [9.17, 15) is 10.1 Å². The van der Waals surface area contributed by atoms with Crippen molar-refractivity contribution in [3.05, 3.63) is 93.1 Å². The Morgan fingerprint density at radius 1 is 1.06 bits per heavy atom. The summed E-state index contributed by atoms with van der Waals surface area (Å²) >= 11 is 1.33. The molecule has 160 valence electrons. The van der Waals surface area contributed by atoms with Crippen molar-refractivity contribution < 1.29 is 4.42 Å². The molecule has 0 radical (unpaired) electrons. The lowest BCUT2D eigenvalue weighted by molar-refractivity contribution is 0.563. The zero-order chi connectivity index (χ0) is 22.9. The van der Waals surface area contributed by atoms with Gasteiger partial charge in [0.2, 0.25) is 0 Å². The summed E-state index contributed by atoms with van der Waals surface area (Å²) in [6, 6.07) is 23.7. The Kier molecular flexibility index (Phi) is 5.25. The van der Waals surface area contributed by atoms with Gasteiger partial charge in [-0.05, 0) is 46.7 Å². The van der Waals surface area contributed by atoms with Crippen molar-refractivity contribution in [3.8, 4) is 17.3 Å². The van der Waals surface area contributed by atoms with E-state index in [1.54, 1.807) is 11.5 Å². The van der Waals surface area contributed by atoms with Crippen molar-refractivity contribution >= 4 is 50.4 Å². The minimum Gasteiger partial charge on any atom is -0.422 e. The number of anilines is 1. The first-order valence-electron chi connectivity index (χ1n) is 10.3. The summed E-state index contributed by atoms with van der Waals surface area (Å²) in [5.74, 6) is 0. The van der Waals surface area contributed by atoms with Crippen LogP contribution in [0.4, 0.5) is 5.69 Å². The van der Waals surface area contributed by atoms with Crippen LogP contribution in [0.5, 0.6) is 0 Å². The maximum atomic E-state index is 12.7. The number of thiazole rings is 1. The molecule has 0 amide bonds. The first-order chi connectivity index (χ1) is 16.0. The van der Waals surface area contributed by atoms with Crippen LogP contribution in [0.3, 0.4) is 0 Å². The van der Waals surface area contributed by atoms with E-state index in [2.05, 4.69) is 11.1 Å². The van der Waals surface area contributed by atoms with Crippen molar-refractivity contribution in [2.45, 2.75) is 0 Å². The van der Waals surface area contributed by atoms with E-state index in [0.717, 1.165) is 27.4 Å². The molecule has 3 aromatic carbocycles. The number of hydrogen-bond acceptors (Lipinski definition) is 6. The average molecular weight is 450 g/mol. The van der Waals surface area contributed by atoms with Crippen molar-refractivity contribution in [2.75, 3.05) is 19.0 Å². The van der Waals surface area contributed by atoms with Gasteiger partial charge in [0.1, 0.15) is 16.7 Å². The highest BCUT2D eigenvalue weighted by molar-refractivity contribution is 7.11. The Hall–Kier alpha value is -4.21. The summed E-state index contributed by atoms with van der Waals surface area (Å²) in [5.41, 5.74) is 3.41. The highest BCUT2D eigenvalue weighted by Gasteiger charge is 2.15. The Balaban J connectivity index is 1.56. The summed E-state index contributed by atoms with van der Waals surface area (Å²) in [6.07, 6.45) is 1.80. The molecule has 0 atom stereocenters. The summed E-state index contributed by atoms with van der Waals surface area (Å²) in [4.78, 5) is 19.3. The number of fused-ring (bicyclic) bond motifs is 3. The molecule has 0 spiro atoms. The van der Waals surface area contributed by atoms with Crippen LogP contribution < -0.4 is 10.5 Å². The molecule has 0 aliphatic heterocycles. The second kappa shape index (κ2) is 8.38. The highest BCUT2D eigenvalue weighted by Crippen LogP contribution is 2.30. The van der Waals surface area contributed by atoms with Gasteiger partial charge in [0.15, 0.2) is 0 Å². The molecule has 2 heterocycles. The van der Waals surface area contributed by atoms with E-state index in [1.165, 1.54) is 11.3 Å². The van der Waals surface area contributed by atoms with Gasteiger partial charge < -0.3 is 9.32 Å². The molecule has 0 fully saturated rings. The zero-order valence-corrected chi connectivity index (χ0v) is 18.9. The number of nitrogens with zero attached hydrogens (tertiary/aromatic N) is 3. The molecule has 0 bridgehead atoms. The molecule has 0 saturated carbocycles. The minimum absolute atomic E-state index is 0.383. The van der Waals surface area contributed by atoms with Crippen LogP contribution in [0.15, 0.2) is 81.3 Å². The van der Waals surface area contributed by atoms with Crippen LogP contribution in [0, 0.1) is 11.3 Å². The third-order valence-electron chi connectivity index (χ3n) is 5.49. The number of benzene rings is 3. The number of nitriles is 1. The van der Waals surface area contributed by atoms with E-state index in [0.29, 0.717) is 27.4 Å². The fourth-order valence-corrected chi connectivity index (χ4v) is 4.53. The minimum atomic E-state index is -0.448. The van der Waals surface area contributed by atoms with Gasteiger partial charge in [0.25, 0.3) is 0 Å². The molecule has 5 rings (SSSR count). The molecule has 2 aromatic heterocycles. The molecule has 5 aromatic rings. The molecule has 0 aliphatic carbocycles. The van der Waals surface area contributed by atoms with Gasteiger partial charge in [0.05, 0.1) is 16.8 Å². The number of hydrogen-bond donors (Lipinski definition) is 0. The zero-order valence-electron chi connectivity index (χ0n) is 18.1. The lowest BCUT2D eigenvalue weighted by Gasteiger charge is -2.11. The van der Waals surface area contributed by atoms with E-state index >= 15 is 0 Å². The second-order valence-corrected chi connectivity index (χ2v) is 8.70. The van der Waals surface area contributed by atoms with Crippen LogP contribution >= 0.6 is 11.3 Å². The number of allylic oxidation sites excluding steroid dienone is 1. The van der Waals surface area contributed by atoms with Gasteiger partial charge in [0, 0.05) is 30.5 Å². The van der Waals surface area contributed by atoms with Crippen LogP contribution in [0.2, 0.25) is 0 Å². The highest BCUT2D eigenvalue weighted by atomic mass is 32.1. The number of rotatable bonds is 4. The second-order valence-electron chi connectivity index (χ2n) is 7.84. The van der Waals surface area contributed by atoms with Crippen molar-refractivity contribution in [1.82, 2.24) is 4.98 Å². The molecule has 0 aliphatic rings. The van der Waals surface area contributed by atoms with Gasteiger partial charge in [-0.25, -0.2) is 9.78 Å². The van der Waals surface area contributed by atoms with E-state index in [1.807, 2.05) is 85.7 Å². The van der Waals surface area contributed by atoms with E-state index in [-0.39, 0.29) is 0 Å². The third kappa shape index (κ3) is 3.91. The smallest absolute Gasteiger partial charge is 0.345 e. The van der Waals surface area contributed by atoms with Gasteiger partial charge in [-0.2, -0.15) is 5.26 Å². The quantitative estimate of drug-likeness (QED) is 0.186. The van der Waals surface area contributed by atoms with Crippen LogP contribution in [0.25, 0.3) is 44.6 Å². The SMILES string of the molecule is CN(C)c1ccc(/C=C(\C#N)c2nc(-c3cc4c(ccc5ccccc54)oc3=O)cs2)cc1. The first-order valence-corrected chi connectivity index (χ1v) is 11.2. The van der Waals surface area contributed by atoms with Crippen molar-refractivity contribution in [1.29, 1.82) is 5.26 Å². The first kappa shape index (κ1) is 20.7. The fraction of sp³-hybridized carbons (Fsp3) is 0.0741. The molecule has 33 heavy (non-hydrogen) atoms. The van der Waals surface area contributed by atoms with E-state index < -0.39 is 5.63 Å². The van der Waals surface area contributed by atoms with Gasteiger partial charge in [-0.1, -0.05) is 42.5 Å². The maximum Gasteiger partial charge on any atom is 0.345 e. The van der Waals surface area contributed by atoms with Crippen LogP contribution in [0.1, 0.15) is 10.6 Å². The van der Waals surface area contributed by atoms with Gasteiger partial charge in [-0.3, -0.25) is 0 Å². The van der Waals surface area contributed by atoms with E-state index in [4.69, 9.17) is 4.42 Å². The maximum absolute atomic E-state index is 12.7. The Morgan fingerprint density at radius 3 is 2.61 bits per heavy atom. The normalized spacial score (nSPS) is 11.6. The molecular weight excluding hydrogens is 430 g/mol. The summed E-state index contributed by atoms with van der Waals surface area (Å²) < 4.78 is 5.60. The number of aromatic nitrogens is 1. The van der Waals surface area contributed by atoms with Crippen LogP contribution in [-0.2, 0) is 0 Å². The van der Waals surface area contributed by atoms with Crippen LogP contribution in [-0.4, -0.2) is 19.1 Å². The van der Waals surface area contributed by atoms with Gasteiger partial charge >= 0.3 is 5.63 Å². The summed E-state index contributed by atoms with van der Waals surface area (Å²) in [6.45, 7) is 0. The average Bonchev–Trinajstić information content (AvgIpc) is 3.32. The molecule has 6 heteroatoms. The van der Waals surface area contributed by atoms with Gasteiger partial charge in [-0.15, -0.1) is 11.3 Å². The summed E-state index contributed by atoms with van der Waals surface area (Å²) in [7, 11) is 3.96. The Morgan fingerprint density at radius 2 is 1.85 bits per heavy atom. The van der Waals surface area contributed by atoms with Crippen molar-refractivity contribution in [2.24, 2.45) is 0 Å². The molecule has 0 N–H and O–H groups in total. The predicted molar refractivity (Wildman–Crippen MR) is 135 cm³/mol. The molecular formula is C27H19N3O2S. The molecule has 0 unspecified atom stereocenters. The summed E-state index contributed by atoms with van der Waals surface area (Å²) in [5, 5.41) is 15.0. The van der Waals surface area contributed by atoms with Crippen molar-refractivity contribution in [3.63, 3.8) is 0 Å². The fourth-order valence-electron chi connectivity index (χ4n) is 3.75. The monoisotopic (exact) mass is 449 g/mol.